The highest BCUT2D eigenvalue weighted by Crippen LogP contribution is 2.21. The highest BCUT2D eigenvalue weighted by molar-refractivity contribution is 9.10. The van der Waals surface area contributed by atoms with Gasteiger partial charge in [0.15, 0.2) is 0 Å². The Kier molecular flexibility index (Phi) is 3.33. The topological polar surface area (TPSA) is 91.2 Å². The molecule has 0 aliphatic rings. The van der Waals surface area contributed by atoms with Gasteiger partial charge in [0.2, 0.25) is 0 Å². The summed E-state index contributed by atoms with van der Waals surface area (Å²) < 4.78 is 6.12. The highest BCUT2D eigenvalue weighted by Gasteiger charge is 2.02. The zero-order valence-electron chi connectivity index (χ0n) is 8.91. The molecule has 0 radical (unpaired) electrons. The summed E-state index contributed by atoms with van der Waals surface area (Å²) in [6.45, 7) is 0. The number of hydrogen-bond acceptors (Lipinski definition) is 6. The van der Waals surface area contributed by atoms with Crippen LogP contribution in [-0.2, 0) is 0 Å². The molecule has 0 aliphatic heterocycles. The Labute approximate surface area is 105 Å². The second-order valence-electron chi connectivity index (χ2n) is 3.06. The summed E-state index contributed by atoms with van der Waals surface area (Å²) in [4.78, 5) is 1.13. The summed E-state index contributed by atoms with van der Waals surface area (Å²) >= 11 is 3.37. The number of aromatic nitrogens is 4. The number of rotatable bonds is 3. The van der Waals surface area contributed by atoms with E-state index in [0.29, 0.717) is 5.75 Å². The zero-order valence-corrected chi connectivity index (χ0v) is 10.5. The monoisotopic (exact) mass is 296 g/mol. The molecule has 0 bridgehead atoms. The third-order valence-corrected chi connectivity index (χ3v) is 2.47. The van der Waals surface area contributed by atoms with Gasteiger partial charge < -0.3 is 10.5 Å². The Bertz CT molecular complexity index is 552. The smallest absolute Gasteiger partial charge is 0.263 e. The maximum atomic E-state index is 5.48. The van der Waals surface area contributed by atoms with Crippen LogP contribution in [0.25, 0.3) is 0 Å². The molecule has 0 aliphatic carbocycles. The molecule has 1 aromatic carbocycles. The van der Waals surface area contributed by atoms with Crippen molar-refractivity contribution in [2.45, 2.75) is 0 Å². The summed E-state index contributed by atoms with van der Waals surface area (Å²) in [5.41, 5.74) is 6.27. The lowest BCUT2D eigenvalue weighted by Crippen LogP contribution is -2.00. The van der Waals surface area contributed by atoms with Crippen molar-refractivity contribution in [3.8, 4) is 5.75 Å². The number of hydrogen-bond donors (Lipinski definition) is 1. The van der Waals surface area contributed by atoms with Crippen molar-refractivity contribution < 1.29 is 4.74 Å². The maximum Gasteiger partial charge on any atom is 0.263 e. The van der Waals surface area contributed by atoms with E-state index in [1.54, 1.807) is 13.3 Å². The van der Waals surface area contributed by atoms with Crippen molar-refractivity contribution in [1.29, 1.82) is 0 Å². The average Bonchev–Trinajstić information content (AvgIpc) is 2.72. The van der Waals surface area contributed by atoms with Crippen LogP contribution in [0.5, 0.6) is 5.75 Å². The van der Waals surface area contributed by atoms with E-state index in [9.17, 15) is 0 Å². The lowest BCUT2D eigenvalue weighted by Gasteiger charge is -2.04. The molecular formula is C9H9BrN6O. The first-order valence-electron chi connectivity index (χ1n) is 4.62. The second-order valence-corrected chi connectivity index (χ2v) is 3.97. The molecule has 1 heterocycles. The molecule has 7 nitrogen and oxygen atoms in total. The normalized spacial score (nSPS) is 10.9. The molecule has 0 amide bonds. The molecule has 0 atom stereocenters. The average molecular weight is 297 g/mol. The number of nitrogen functional groups attached to an aromatic ring is 1. The van der Waals surface area contributed by atoms with Gasteiger partial charge in [-0.25, -0.2) is 0 Å². The van der Waals surface area contributed by atoms with Crippen LogP contribution in [0, 0.1) is 0 Å². The van der Waals surface area contributed by atoms with Crippen molar-refractivity contribution in [1.82, 2.24) is 20.3 Å². The third kappa shape index (κ3) is 2.59. The molecule has 2 N–H and O–H groups in total. The standard InChI is InChI=1S/C9H9BrN6O/c1-17-8-3-2-7(10)4-6(8)5-12-16-9(11)13-14-15-16/h2-5H,1H3,(H2,11,13,15)/b12-5+. The quantitative estimate of drug-likeness (QED) is 0.850. The van der Waals surface area contributed by atoms with Gasteiger partial charge in [-0.15, -0.1) is 0 Å². The van der Waals surface area contributed by atoms with Gasteiger partial charge in [0, 0.05) is 10.0 Å². The molecule has 0 saturated heterocycles. The molecule has 0 unspecified atom stereocenters. The van der Waals surface area contributed by atoms with E-state index in [4.69, 9.17) is 10.5 Å². The van der Waals surface area contributed by atoms with Gasteiger partial charge in [0.1, 0.15) is 5.75 Å². The van der Waals surface area contributed by atoms with Crippen LogP contribution in [-0.4, -0.2) is 33.6 Å². The van der Waals surface area contributed by atoms with Crippen molar-refractivity contribution in [3.63, 3.8) is 0 Å². The largest absolute Gasteiger partial charge is 0.496 e. The summed E-state index contributed by atoms with van der Waals surface area (Å²) in [5.74, 6) is 0.818. The summed E-state index contributed by atoms with van der Waals surface area (Å²) in [5, 5.41) is 14.5. The molecule has 2 aromatic rings. The van der Waals surface area contributed by atoms with Crippen LogP contribution in [0.3, 0.4) is 0 Å². The first-order valence-corrected chi connectivity index (χ1v) is 5.42. The van der Waals surface area contributed by atoms with E-state index in [2.05, 4.69) is 36.6 Å². The summed E-state index contributed by atoms with van der Waals surface area (Å²) in [6, 6.07) is 5.57. The number of benzene rings is 1. The van der Waals surface area contributed by atoms with Crippen molar-refractivity contribution >= 4 is 28.1 Å². The molecular weight excluding hydrogens is 288 g/mol. The van der Waals surface area contributed by atoms with Gasteiger partial charge in [-0.1, -0.05) is 25.8 Å². The van der Waals surface area contributed by atoms with E-state index < -0.39 is 0 Å². The van der Waals surface area contributed by atoms with Gasteiger partial charge >= 0.3 is 0 Å². The van der Waals surface area contributed by atoms with Gasteiger partial charge in [-0.3, -0.25) is 0 Å². The van der Waals surface area contributed by atoms with E-state index >= 15 is 0 Å². The van der Waals surface area contributed by atoms with E-state index in [-0.39, 0.29) is 5.95 Å². The fraction of sp³-hybridized carbons (Fsp3) is 0.111. The third-order valence-electron chi connectivity index (χ3n) is 1.97. The predicted octanol–water partition coefficient (Wildman–Crippen LogP) is 0.909. The lowest BCUT2D eigenvalue weighted by atomic mass is 10.2. The fourth-order valence-corrected chi connectivity index (χ4v) is 1.57. The molecule has 2 rings (SSSR count). The minimum absolute atomic E-state index is 0.121. The van der Waals surface area contributed by atoms with Crippen molar-refractivity contribution in [2.24, 2.45) is 5.10 Å². The van der Waals surface area contributed by atoms with Crippen LogP contribution in [0.4, 0.5) is 5.95 Å². The Morgan fingerprint density at radius 3 is 3.00 bits per heavy atom. The Morgan fingerprint density at radius 2 is 2.35 bits per heavy atom. The van der Waals surface area contributed by atoms with Crippen molar-refractivity contribution in [2.75, 3.05) is 12.8 Å². The first-order chi connectivity index (χ1) is 8.20. The molecule has 1 aromatic heterocycles. The van der Waals surface area contributed by atoms with Crippen LogP contribution in [0.15, 0.2) is 27.8 Å². The number of anilines is 1. The van der Waals surface area contributed by atoms with Crippen LogP contribution in [0.1, 0.15) is 5.56 Å². The highest BCUT2D eigenvalue weighted by atomic mass is 79.9. The first kappa shape index (κ1) is 11.5. The van der Waals surface area contributed by atoms with Crippen LogP contribution < -0.4 is 10.5 Å². The maximum absolute atomic E-state index is 5.48. The van der Waals surface area contributed by atoms with Crippen LogP contribution >= 0.6 is 15.9 Å². The van der Waals surface area contributed by atoms with E-state index in [0.717, 1.165) is 14.8 Å². The minimum atomic E-state index is 0.121. The summed E-state index contributed by atoms with van der Waals surface area (Å²) in [7, 11) is 1.59. The molecule has 8 heteroatoms. The van der Waals surface area contributed by atoms with Gasteiger partial charge in [-0.05, 0) is 28.6 Å². The molecule has 0 spiro atoms. The Morgan fingerprint density at radius 1 is 1.53 bits per heavy atom. The number of nitrogens with two attached hydrogens (primary N) is 1. The van der Waals surface area contributed by atoms with Gasteiger partial charge in [-0.2, -0.15) is 5.10 Å². The zero-order chi connectivity index (χ0) is 12.3. The fourth-order valence-electron chi connectivity index (χ4n) is 1.19. The van der Waals surface area contributed by atoms with Gasteiger partial charge in [0.25, 0.3) is 5.95 Å². The summed E-state index contributed by atoms with van der Waals surface area (Å²) in [6.07, 6.45) is 1.57. The number of halogens is 1. The number of ether oxygens (including phenoxy) is 1. The van der Waals surface area contributed by atoms with E-state index in [1.165, 1.54) is 0 Å². The molecule has 88 valence electrons. The number of nitrogens with zero attached hydrogens (tertiary/aromatic N) is 5. The molecule has 0 fully saturated rings. The predicted molar refractivity (Wildman–Crippen MR) is 65.9 cm³/mol. The van der Waals surface area contributed by atoms with Crippen LogP contribution in [0.2, 0.25) is 0 Å². The van der Waals surface area contributed by atoms with Crippen molar-refractivity contribution in [3.05, 3.63) is 28.2 Å². The lowest BCUT2D eigenvalue weighted by molar-refractivity contribution is 0.414. The van der Waals surface area contributed by atoms with E-state index in [1.807, 2.05) is 18.2 Å². The number of tetrazole rings is 1. The number of methoxy groups -OCH3 is 1. The minimum Gasteiger partial charge on any atom is -0.496 e. The Balaban J connectivity index is 2.32. The Hall–Kier alpha value is -1.96. The second kappa shape index (κ2) is 4.91. The molecule has 17 heavy (non-hydrogen) atoms. The van der Waals surface area contributed by atoms with Gasteiger partial charge in [0.05, 0.1) is 13.3 Å². The molecule has 0 saturated carbocycles. The SMILES string of the molecule is COc1ccc(Br)cc1/C=N/n1nnnc1N.